The normalized spacial score (nSPS) is 23.4. The molecular formula is C25H30N2O3S. The molecule has 0 N–H and O–H groups in total. The highest BCUT2D eigenvalue weighted by atomic mass is 32.1. The summed E-state index contributed by atoms with van der Waals surface area (Å²) in [6, 6.07) is 19.7. The summed E-state index contributed by atoms with van der Waals surface area (Å²) in [5.74, 6) is 0.0458. The molecule has 0 radical (unpaired) electrons. The molecule has 0 bridgehead atoms. The zero-order chi connectivity index (χ0) is 20.6. The Bertz CT molecular complexity index is 909. The summed E-state index contributed by atoms with van der Waals surface area (Å²) in [6.07, 6.45) is 3.47. The predicted octanol–water partition coefficient (Wildman–Crippen LogP) is 3.61. The summed E-state index contributed by atoms with van der Waals surface area (Å²) in [5.41, 5.74) is 1.17. The molecule has 1 saturated carbocycles. The molecule has 2 amide bonds. The van der Waals surface area contributed by atoms with Gasteiger partial charge in [0.2, 0.25) is 0 Å². The van der Waals surface area contributed by atoms with Gasteiger partial charge in [-0.3, -0.25) is 19.4 Å². The SMILES string of the molecule is O=C(c1ccccc1)N1C[C@H](C2CCN(Cc3ccccc3)CC2)OC2(CC2)C1=O.S. The fourth-order valence-corrected chi connectivity index (χ4v) is 4.81. The molecule has 164 valence electrons. The number of hydrogen-bond donors (Lipinski definition) is 0. The average Bonchev–Trinajstić information content (AvgIpc) is 3.57. The molecule has 5 rings (SSSR count). The van der Waals surface area contributed by atoms with Crippen molar-refractivity contribution < 1.29 is 14.3 Å². The molecule has 1 aliphatic carbocycles. The maximum Gasteiger partial charge on any atom is 0.261 e. The highest BCUT2D eigenvalue weighted by Crippen LogP contribution is 2.46. The summed E-state index contributed by atoms with van der Waals surface area (Å²) in [4.78, 5) is 30.0. The maximum absolute atomic E-state index is 13.1. The second-order valence-corrected chi connectivity index (χ2v) is 8.84. The first-order valence-electron chi connectivity index (χ1n) is 11.0. The van der Waals surface area contributed by atoms with Gasteiger partial charge in [0.15, 0.2) is 0 Å². The fraction of sp³-hybridized carbons (Fsp3) is 0.440. The van der Waals surface area contributed by atoms with E-state index in [4.69, 9.17) is 4.74 Å². The van der Waals surface area contributed by atoms with Gasteiger partial charge in [0.25, 0.3) is 11.8 Å². The van der Waals surface area contributed by atoms with Crippen LogP contribution in [0.15, 0.2) is 60.7 Å². The van der Waals surface area contributed by atoms with Crippen molar-refractivity contribution in [1.29, 1.82) is 0 Å². The Morgan fingerprint density at radius 2 is 1.58 bits per heavy atom. The Labute approximate surface area is 190 Å². The Hall–Kier alpha value is -2.15. The number of hydrogen-bond acceptors (Lipinski definition) is 4. The zero-order valence-electron chi connectivity index (χ0n) is 17.7. The Morgan fingerprint density at radius 3 is 2.19 bits per heavy atom. The number of carbonyl (C=O) groups excluding carboxylic acids is 2. The van der Waals surface area contributed by atoms with Crippen LogP contribution in [-0.4, -0.2) is 53.0 Å². The summed E-state index contributed by atoms with van der Waals surface area (Å²) < 4.78 is 6.34. The van der Waals surface area contributed by atoms with Gasteiger partial charge < -0.3 is 4.74 Å². The first kappa shape index (κ1) is 22.1. The molecule has 3 aliphatic rings. The van der Waals surface area contributed by atoms with E-state index in [9.17, 15) is 9.59 Å². The van der Waals surface area contributed by atoms with E-state index in [1.807, 2.05) is 24.3 Å². The third-order valence-corrected chi connectivity index (χ3v) is 6.75. The number of carbonyl (C=O) groups is 2. The molecule has 2 saturated heterocycles. The summed E-state index contributed by atoms with van der Waals surface area (Å²) in [7, 11) is 0. The van der Waals surface area contributed by atoms with E-state index in [0.29, 0.717) is 18.0 Å². The Morgan fingerprint density at radius 1 is 0.968 bits per heavy atom. The van der Waals surface area contributed by atoms with E-state index in [1.54, 1.807) is 12.1 Å². The molecule has 2 aliphatic heterocycles. The van der Waals surface area contributed by atoms with Gasteiger partial charge in [0.05, 0.1) is 12.6 Å². The standard InChI is InChI=1S/C25H28N2O3.H2S/c28-23(21-9-5-2-6-10-21)27-18-22(30-25(13-14-25)24(27)29)20-11-15-26(16-12-20)17-19-7-3-1-4-8-19;/h1-10,20,22H,11-18H2;1H2/t22-;/m1./s1. The monoisotopic (exact) mass is 438 g/mol. The smallest absolute Gasteiger partial charge is 0.261 e. The first-order chi connectivity index (χ1) is 14.6. The van der Waals surface area contributed by atoms with E-state index in [2.05, 4.69) is 29.2 Å². The summed E-state index contributed by atoms with van der Waals surface area (Å²) in [5, 5.41) is 0. The van der Waals surface area contributed by atoms with Crippen molar-refractivity contribution in [1.82, 2.24) is 9.80 Å². The third-order valence-electron chi connectivity index (χ3n) is 6.75. The minimum Gasteiger partial charge on any atom is -0.360 e. The van der Waals surface area contributed by atoms with Crippen molar-refractivity contribution in [2.45, 2.75) is 43.9 Å². The zero-order valence-corrected chi connectivity index (χ0v) is 18.7. The minimum absolute atomic E-state index is 0. The molecule has 5 nitrogen and oxygen atoms in total. The topological polar surface area (TPSA) is 49.9 Å². The highest BCUT2D eigenvalue weighted by molar-refractivity contribution is 7.59. The van der Waals surface area contributed by atoms with Crippen molar-refractivity contribution in [3.8, 4) is 0 Å². The fourth-order valence-electron chi connectivity index (χ4n) is 4.81. The van der Waals surface area contributed by atoms with Crippen LogP contribution in [0, 0.1) is 5.92 Å². The van der Waals surface area contributed by atoms with Gasteiger partial charge >= 0.3 is 0 Å². The van der Waals surface area contributed by atoms with Gasteiger partial charge in [-0.15, -0.1) is 0 Å². The van der Waals surface area contributed by atoms with E-state index in [-0.39, 0.29) is 31.4 Å². The number of morpholine rings is 1. The maximum atomic E-state index is 13.1. The molecule has 0 aromatic heterocycles. The van der Waals surface area contributed by atoms with Crippen LogP contribution in [0.1, 0.15) is 41.6 Å². The number of rotatable bonds is 4. The largest absolute Gasteiger partial charge is 0.360 e. The van der Waals surface area contributed by atoms with Crippen molar-refractivity contribution in [3.05, 3.63) is 71.8 Å². The molecule has 1 spiro atoms. The van der Waals surface area contributed by atoms with Crippen LogP contribution in [0.5, 0.6) is 0 Å². The molecule has 31 heavy (non-hydrogen) atoms. The van der Waals surface area contributed by atoms with Crippen molar-refractivity contribution in [3.63, 3.8) is 0 Å². The van der Waals surface area contributed by atoms with Gasteiger partial charge in [-0.05, 0) is 62.4 Å². The van der Waals surface area contributed by atoms with E-state index in [1.165, 1.54) is 10.5 Å². The Balaban J connectivity index is 0.00000231. The lowest BCUT2D eigenvalue weighted by atomic mass is 9.89. The van der Waals surface area contributed by atoms with Crippen LogP contribution in [0.2, 0.25) is 0 Å². The summed E-state index contributed by atoms with van der Waals surface area (Å²) in [6.45, 7) is 3.39. The van der Waals surface area contributed by atoms with Crippen LogP contribution in [0.25, 0.3) is 0 Å². The number of nitrogens with zero attached hydrogens (tertiary/aromatic N) is 2. The number of ether oxygens (including phenoxy) is 1. The van der Waals surface area contributed by atoms with Crippen molar-refractivity contribution in [2.24, 2.45) is 5.92 Å². The van der Waals surface area contributed by atoms with Crippen LogP contribution in [-0.2, 0) is 16.1 Å². The van der Waals surface area contributed by atoms with Crippen LogP contribution in [0.3, 0.4) is 0 Å². The molecule has 2 aromatic rings. The number of likely N-dealkylation sites (tertiary alicyclic amines) is 1. The minimum atomic E-state index is -0.742. The van der Waals surface area contributed by atoms with Gasteiger partial charge in [-0.2, -0.15) is 13.5 Å². The molecular weight excluding hydrogens is 408 g/mol. The second kappa shape index (κ2) is 9.15. The number of imide groups is 1. The lowest BCUT2D eigenvalue weighted by Crippen LogP contribution is -2.58. The first-order valence-corrected chi connectivity index (χ1v) is 11.0. The summed E-state index contributed by atoms with van der Waals surface area (Å²) >= 11 is 0. The van der Waals surface area contributed by atoms with Crippen molar-refractivity contribution >= 4 is 25.3 Å². The second-order valence-electron chi connectivity index (χ2n) is 8.84. The highest BCUT2D eigenvalue weighted by Gasteiger charge is 2.59. The van der Waals surface area contributed by atoms with E-state index >= 15 is 0 Å². The van der Waals surface area contributed by atoms with Gasteiger partial charge in [-0.1, -0.05) is 48.5 Å². The lowest BCUT2D eigenvalue weighted by Gasteiger charge is -2.43. The van der Waals surface area contributed by atoms with E-state index < -0.39 is 5.60 Å². The number of amides is 2. The average molecular weight is 439 g/mol. The van der Waals surface area contributed by atoms with Crippen LogP contribution in [0.4, 0.5) is 0 Å². The Kier molecular flexibility index (Phi) is 6.51. The molecule has 1 atom stereocenters. The van der Waals surface area contributed by atoms with Crippen LogP contribution < -0.4 is 0 Å². The molecule has 2 aromatic carbocycles. The molecule has 3 fully saturated rings. The quantitative estimate of drug-likeness (QED) is 0.685. The molecule has 0 unspecified atom stereocenters. The van der Waals surface area contributed by atoms with Crippen molar-refractivity contribution in [2.75, 3.05) is 19.6 Å². The predicted molar refractivity (Wildman–Crippen MR) is 124 cm³/mol. The lowest BCUT2D eigenvalue weighted by molar-refractivity contribution is -0.169. The molecule has 6 heteroatoms. The number of piperidine rings is 1. The number of benzene rings is 2. The third kappa shape index (κ3) is 4.56. The van der Waals surface area contributed by atoms with Gasteiger partial charge in [0.1, 0.15) is 5.60 Å². The van der Waals surface area contributed by atoms with Gasteiger partial charge in [-0.25, -0.2) is 0 Å². The van der Waals surface area contributed by atoms with Gasteiger partial charge in [0, 0.05) is 12.1 Å². The molecule has 2 heterocycles. The van der Waals surface area contributed by atoms with Crippen LogP contribution >= 0.6 is 13.5 Å². The van der Waals surface area contributed by atoms with E-state index in [0.717, 1.165) is 45.3 Å².